The van der Waals surface area contributed by atoms with Crippen LogP contribution in [-0.2, 0) is 11.2 Å². The minimum Gasteiger partial charge on any atom is -0.495 e. The van der Waals surface area contributed by atoms with Crippen LogP contribution in [-0.4, -0.2) is 13.0 Å². The van der Waals surface area contributed by atoms with Crippen molar-refractivity contribution in [1.29, 1.82) is 0 Å². The number of benzene rings is 2. The summed E-state index contributed by atoms with van der Waals surface area (Å²) in [7, 11) is 1.60. The lowest BCUT2D eigenvalue weighted by Crippen LogP contribution is -2.15. The zero-order valence-corrected chi connectivity index (χ0v) is 16.0. The van der Waals surface area contributed by atoms with Crippen LogP contribution in [0.5, 0.6) is 5.75 Å². The van der Waals surface area contributed by atoms with E-state index in [0.29, 0.717) is 17.4 Å². The van der Waals surface area contributed by atoms with E-state index >= 15 is 0 Å². The SMILES string of the molecule is COc1ccc(C)cc1NC(=O)Cc1coc2cc(C)c(C(C)C)cc12. The number of hydrogen-bond acceptors (Lipinski definition) is 3. The Kier molecular flexibility index (Phi) is 5.03. The van der Waals surface area contributed by atoms with Crippen LogP contribution >= 0.6 is 0 Å². The maximum Gasteiger partial charge on any atom is 0.229 e. The van der Waals surface area contributed by atoms with Crippen molar-refractivity contribution < 1.29 is 13.9 Å². The Balaban J connectivity index is 1.86. The largest absolute Gasteiger partial charge is 0.495 e. The summed E-state index contributed by atoms with van der Waals surface area (Å²) < 4.78 is 11.0. The van der Waals surface area contributed by atoms with Gasteiger partial charge in [-0.05, 0) is 60.7 Å². The first-order valence-electron chi connectivity index (χ1n) is 8.84. The van der Waals surface area contributed by atoms with Crippen LogP contribution in [0, 0.1) is 13.8 Å². The van der Waals surface area contributed by atoms with Gasteiger partial charge in [0.25, 0.3) is 0 Å². The zero-order chi connectivity index (χ0) is 18.8. The van der Waals surface area contributed by atoms with Crippen molar-refractivity contribution in [1.82, 2.24) is 0 Å². The smallest absolute Gasteiger partial charge is 0.229 e. The molecule has 26 heavy (non-hydrogen) atoms. The molecule has 2 aromatic carbocycles. The molecule has 4 heteroatoms. The lowest BCUT2D eigenvalue weighted by atomic mass is 9.95. The molecule has 3 aromatic rings. The minimum atomic E-state index is -0.0942. The molecule has 1 heterocycles. The number of fused-ring (bicyclic) bond motifs is 1. The first-order chi connectivity index (χ1) is 12.4. The molecule has 0 saturated heterocycles. The predicted molar refractivity (Wildman–Crippen MR) is 105 cm³/mol. The molecule has 0 fully saturated rings. The highest BCUT2D eigenvalue weighted by atomic mass is 16.5. The number of aryl methyl sites for hydroxylation is 2. The second kappa shape index (κ2) is 7.24. The van der Waals surface area contributed by atoms with E-state index in [2.05, 4.69) is 38.2 Å². The molecule has 0 radical (unpaired) electrons. The number of carbonyl (C=O) groups is 1. The van der Waals surface area contributed by atoms with E-state index < -0.39 is 0 Å². The molecule has 1 amide bonds. The van der Waals surface area contributed by atoms with Gasteiger partial charge in [-0.25, -0.2) is 0 Å². The quantitative estimate of drug-likeness (QED) is 0.673. The van der Waals surface area contributed by atoms with Gasteiger partial charge in [0.15, 0.2) is 0 Å². The Morgan fingerprint density at radius 1 is 1.19 bits per heavy atom. The van der Waals surface area contributed by atoms with Gasteiger partial charge >= 0.3 is 0 Å². The Morgan fingerprint density at radius 2 is 1.96 bits per heavy atom. The van der Waals surface area contributed by atoms with Gasteiger partial charge in [-0.1, -0.05) is 19.9 Å². The third kappa shape index (κ3) is 3.59. The van der Waals surface area contributed by atoms with E-state index in [-0.39, 0.29) is 12.3 Å². The standard InChI is InChI=1S/C22H25NO3/c1-13(2)17-11-18-16(12-26-21(18)9-15(17)4)10-22(24)23-19-8-14(3)6-7-20(19)25-5/h6-9,11-13H,10H2,1-5H3,(H,23,24). The van der Waals surface area contributed by atoms with Gasteiger partial charge in [-0.15, -0.1) is 0 Å². The summed E-state index contributed by atoms with van der Waals surface area (Å²) in [5.74, 6) is 0.981. The van der Waals surface area contributed by atoms with E-state index in [4.69, 9.17) is 9.15 Å². The normalized spacial score (nSPS) is 11.2. The minimum absolute atomic E-state index is 0.0942. The number of anilines is 1. The van der Waals surface area contributed by atoms with Crippen molar-refractivity contribution >= 4 is 22.6 Å². The fraction of sp³-hybridized carbons (Fsp3) is 0.318. The van der Waals surface area contributed by atoms with Crippen molar-refractivity contribution in [3.05, 3.63) is 58.8 Å². The number of furan rings is 1. The molecule has 0 spiro atoms. The van der Waals surface area contributed by atoms with Gasteiger partial charge in [0.05, 0.1) is 25.5 Å². The Morgan fingerprint density at radius 3 is 2.65 bits per heavy atom. The number of carbonyl (C=O) groups excluding carboxylic acids is 1. The van der Waals surface area contributed by atoms with Crippen LogP contribution in [0.2, 0.25) is 0 Å². The Labute approximate surface area is 154 Å². The fourth-order valence-electron chi connectivity index (χ4n) is 3.29. The molecule has 0 unspecified atom stereocenters. The van der Waals surface area contributed by atoms with Gasteiger partial charge in [0, 0.05) is 10.9 Å². The van der Waals surface area contributed by atoms with Crippen LogP contribution in [0.15, 0.2) is 41.0 Å². The van der Waals surface area contributed by atoms with Crippen molar-refractivity contribution in [2.45, 2.75) is 40.0 Å². The van der Waals surface area contributed by atoms with Gasteiger partial charge in [0.2, 0.25) is 5.91 Å². The molecule has 1 aromatic heterocycles. The topological polar surface area (TPSA) is 51.5 Å². The summed E-state index contributed by atoms with van der Waals surface area (Å²) in [5.41, 5.74) is 5.95. The van der Waals surface area contributed by atoms with Gasteiger partial charge in [0.1, 0.15) is 11.3 Å². The van der Waals surface area contributed by atoms with E-state index in [1.165, 1.54) is 11.1 Å². The third-order valence-corrected chi connectivity index (χ3v) is 4.64. The van der Waals surface area contributed by atoms with Crippen molar-refractivity contribution in [2.24, 2.45) is 0 Å². The molecule has 1 N–H and O–H groups in total. The fourth-order valence-corrected chi connectivity index (χ4v) is 3.29. The number of methoxy groups -OCH3 is 1. The zero-order valence-electron chi connectivity index (χ0n) is 16.0. The van der Waals surface area contributed by atoms with Crippen LogP contribution in [0.4, 0.5) is 5.69 Å². The second-order valence-corrected chi connectivity index (χ2v) is 7.05. The molecule has 136 valence electrons. The van der Waals surface area contributed by atoms with Gasteiger partial charge < -0.3 is 14.5 Å². The molecular weight excluding hydrogens is 326 g/mol. The number of hydrogen-bond donors (Lipinski definition) is 1. The number of rotatable bonds is 5. The average molecular weight is 351 g/mol. The van der Waals surface area contributed by atoms with Crippen LogP contribution in [0.25, 0.3) is 11.0 Å². The summed E-state index contributed by atoms with van der Waals surface area (Å²) in [6.07, 6.45) is 1.94. The molecule has 0 atom stereocenters. The molecule has 0 saturated carbocycles. The molecular formula is C22H25NO3. The van der Waals surface area contributed by atoms with Gasteiger partial charge in [-0.3, -0.25) is 4.79 Å². The van der Waals surface area contributed by atoms with Gasteiger partial charge in [-0.2, -0.15) is 0 Å². The van der Waals surface area contributed by atoms with E-state index in [9.17, 15) is 4.79 Å². The van der Waals surface area contributed by atoms with Crippen molar-refractivity contribution in [3.8, 4) is 5.75 Å². The summed E-state index contributed by atoms with van der Waals surface area (Å²) in [6.45, 7) is 8.41. The third-order valence-electron chi connectivity index (χ3n) is 4.64. The van der Waals surface area contributed by atoms with Crippen LogP contribution in [0.3, 0.4) is 0 Å². The maximum atomic E-state index is 12.6. The number of nitrogens with one attached hydrogen (secondary N) is 1. The molecule has 0 aliphatic carbocycles. The first-order valence-corrected chi connectivity index (χ1v) is 8.84. The Hall–Kier alpha value is -2.75. The lowest BCUT2D eigenvalue weighted by molar-refractivity contribution is -0.115. The van der Waals surface area contributed by atoms with Crippen LogP contribution < -0.4 is 10.1 Å². The van der Waals surface area contributed by atoms with Crippen molar-refractivity contribution in [2.75, 3.05) is 12.4 Å². The first kappa shape index (κ1) is 18.1. The second-order valence-electron chi connectivity index (χ2n) is 7.05. The molecule has 4 nitrogen and oxygen atoms in total. The molecule has 3 rings (SSSR count). The summed E-state index contributed by atoms with van der Waals surface area (Å²) >= 11 is 0. The lowest BCUT2D eigenvalue weighted by Gasteiger charge is -2.11. The van der Waals surface area contributed by atoms with E-state index in [1.54, 1.807) is 13.4 Å². The summed E-state index contributed by atoms with van der Waals surface area (Å²) in [6, 6.07) is 9.92. The highest BCUT2D eigenvalue weighted by Gasteiger charge is 2.15. The van der Waals surface area contributed by atoms with E-state index in [1.807, 2.05) is 25.1 Å². The molecule has 0 aliphatic rings. The van der Waals surface area contributed by atoms with Crippen molar-refractivity contribution in [3.63, 3.8) is 0 Å². The Bertz CT molecular complexity index is 953. The highest BCUT2D eigenvalue weighted by molar-refractivity contribution is 5.96. The number of amides is 1. The molecule has 0 bridgehead atoms. The number of ether oxygens (including phenoxy) is 1. The van der Waals surface area contributed by atoms with E-state index in [0.717, 1.165) is 22.1 Å². The molecule has 0 aliphatic heterocycles. The summed E-state index contributed by atoms with van der Waals surface area (Å²) in [5, 5.41) is 3.95. The maximum absolute atomic E-state index is 12.6. The predicted octanol–water partition coefficient (Wildman–Crippen LogP) is 5.36. The monoisotopic (exact) mass is 351 g/mol. The summed E-state index contributed by atoms with van der Waals surface area (Å²) in [4.78, 5) is 12.6. The van der Waals surface area contributed by atoms with Crippen LogP contribution in [0.1, 0.15) is 42.0 Å². The average Bonchev–Trinajstić information content (AvgIpc) is 2.95. The highest BCUT2D eigenvalue weighted by Crippen LogP contribution is 2.30.